The minimum Gasteiger partial charge on any atom is -0.444 e. The van der Waals surface area contributed by atoms with Crippen LogP contribution in [0.25, 0.3) is 44.1 Å². The molecule has 8 saturated heterocycles. The number of nitrogens with zero attached hydrogens (tertiary/aromatic N) is 31. The highest BCUT2D eigenvalue weighted by molar-refractivity contribution is 6.01. The molecule has 44 heteroatoms. The van der Waals surface area contributed by atoms with E-state index in [0.717, 1.165) is 212 Å². The van der Waals surface area contributed by atoms with Gasteiger partial charge in [0.25, 0.3) is 23.6 Å². The third-order valence-corrected chi connectivity index (χ3v) is 26.6. The smallest absolute Gasteiger partial charge is 0.410 e. The zero-order valence-corrected chi connectivity index (χ0v) is 86.8. The summed E-state index contributed by atoms with van der Waals surface area (Å²) < 4.78 is 24.2. The Morgan fingerprint density at radius 3 is 0.753 bits per heavy atom. The van der Waals surface area contributed by atoms with E-state index >= 15 is 0 Å². The molecule has 0 aromatic carbocycles. The number of anilines is 12. The molecule has 20 heterocycles. The topological polar surface area (TPSA) is 401 Å². The quantitative estimate of drug-likeness (QED) is 0.0550. The molecule has 0 radical (unpaired) electrons. The first-order valence-electron chi connectivity index (χ1n) is 50.8. The Hall–Kier alpha value is -15.0. The normalized spacial score (nSPS) is 16.6. The van der Waals surface area contributed by atoms with E-state index in [2.05, 4.69) is 119 Å². The molecule has 12 aromatic heterocycles. The largest absolute Gasteiger partial charge is 0.444 e. The van der Waals surface area contributed by atoms with Crippen molar-refractivity contribution in [2.75, 3.05) is 282 Å². The Labute approximate surface area is 851 Å². The standard InChI is InChI=1S/C28H39N9O3.C27H37N9O3.C24H33N9O.C23H30N8O2/c1-28(2,3)40-27(39)35-15-13-34(14-16-35)21-9-10-23(29-19-21)31-26-30-18-20-17-22(25(38)33(4)5)37(24(20)32-26)36-11-7-6-8-12-36;1-27(2,3)39-26(38)34-14-12-33(13-15-34)20-8-9-22(28-18-20)30-25-29-17-19-16-21(24(37)32(4)5)36(23(19)31-25)35-10-6-7-11-35;1-29(2)23(34)20-15-18-16-26-24(28-22(18)33(20)32-9-5-4-6-10-32)27-21-8-7-19(17-25-21)31-13-11-30(3)12-14-31;1-28(2)22(32)19-14-17-15-25-23(27-21(17)31(19)30-8-4-3-5-9-30)26-20-7-6-18(16-24-20)29-10-12-33-13-11-29/h9-10,17-19H,6-8,11-16H2,1-5H3,(H,29,30,31,32);8-9,16-18H,6-7,10-15H2,1-5H3,(H,28,29,30,31);7-8,15-17H,4-6,9-14H2,1-3H3,(H,25,26,27,28);6-7,14-16H,3-5,8-13H2,1-2H3,(H,24,25,26,27). The first-order valence-corrected chi connectivity index (χ1v) is 50.8. The van der Waals surface area contributed by atoms with Gasteiger partial charge in [-0.2, -0.15) is 19.9 Å². The molecule has 4 N–H and O–H groups in total. The van der Waals surface area contributed by atoms with Gasteiger partial charge in [0.05, 0.1) is 60.8 Å². The number of morpholine rings is 1. The summed E-state index contributed by atoms with van der Waals surface area (Å²) in [6, 6.07) is 23.3. The number of rotatable bonds is 20. The van der Waals surface area contributed by atoms with Crippen molar-refractivity contribution in [3.05, 3.63) is 145 Å². The molecule has 0 aliphatic carbocycles. The highest BCUT2D eigenvalue weighted by atomic mass is 16.6. The van der Waals surface area contributed by atoms with Crippen molar-refractivity contribution in [3.8, 4) is 0 Å². The number of piperidine rings is 3. The molecule has 8 aliphatic heterocycles. The number of hydrogen-bond acceptors (Lipinski definition) is 34. The summed E-state index contributed by atoms with van der Waals surface area (Å²) in [4.78, 5) is 153. The summed E-state index contributed by atoms with van der Waals surface area (Å²) in [5.41, 5.74) is 8.40. The van der Waals surface area contributed by atoms with Gasteiger partial charge in [-0.1, -0.05) is 0 Å². The first kappa shape index (κ1) is 102. The Morgan fingerprint density at radius 2 is 0.527 bits per heavy atom. The van der Waals surface area contributed by atoms with Gasteiger partial charge in [-0.25, -0.2) is 68.2 Å². The number of amides is 6. The van der Waals surface area contributed by atoms with Crippen molar-refractivity contribution >= 4 is 150 Å². The van der Waals surface area contributed by atoms with E-state index in [9.17, 15) is 28.8 Å². The molecular formula is C102H139N35O9. The van der Waals surface area contributed by atoms with Gasteiger partial charge in [0.1, 0.15) is 57.2 Å². The number of nitrogens with one attached hydrogen (secondary N) is 4. The summed E-state index contributed by atoms with van der Waals surface area (Å²) in [7, 11) is 16.3. The first-order chi connectivity index (χ1) is 70.3. The molecule has 44 nitrogen and oxygen atoms in total. The lowest BCUT2D eigenvalue weighted by atomic mass is 10.2. The maximum atomic E-state index is 13.0. The molecule has 0 unspecified atom stereocenters. The van der Waals surface area contributed by atoms with Crippen LogP contribution in [0.5, 0.6) is 0 Å². The number of carbonyl (C=O) groups excluding carboxylic acids is 6. The molecule has 6 amide bonds. The highest BCUT2D eigenvalue weighted by Gasteiger charge is 2.34. The number of carbonyl (C=O) groups is 6. The molecule has 0 spiro atoms. The second-order valence-corrected chi connectivity index (χ2v) is 40.7. The van der Waals surface area contributed by atoms with Crippen LogP contribution in [-0.2, 0) is 14.2 Å². The third-order valence-electron chi connectivity index (χ3n) is 26.6. The van der Waals surface area contributed by atoms with Gasteiger partial charge in [0.15, 0.2) is 22.6 Å². The average Bonchev–Trinajstić information content (AvgIpc) is 1.83. The molecular weight excluding hydrogens is 1860 g/mol. The van der Waals surface area contributed by atoms with Gasteiger partial charge < -0.3 is 109 Å². The molecule has 0 bridgehead atoms. The van der Waals surface area contributed by atoms with E-state index in [0.29, 0.717) is 133 Å². The molecule has 0 atom stereocenters. The molecule has 8 fully saturated rings. The number of hydrogen-bond donors (Lipinski definition) is 4. The van der Waals surface area contributed by atoms with E-state index < -0.39 is 11.2 Å². The molecule has 146 heavy (non-hydrogen) atoms. The number of ether oxygens (including phenoxy) is 3. The van der Waals surface area contributed by atoms with Gasteiger partial charge in [0, 0.05) is 247 Å². The predicted octanol–water partition coefficient (Wildman–Crippen LogP) is 10.9. The lowest BCUT2D eigenvalue weighted by molar-refractivity contribution is 0.0230. The third kappa shape index (κ3) is 24.8. The molecule has 20 rings (SSSR count). The van der Waals surface area contributed by atoms with Crippen LogP contribution >= 0.6 is 0 Å². The predicted molar refractivity (Wildman–Crippen MR) is 568 cm³/mol. The Balaban J connectivity index is 0.000000134. The number of aromatic nitrogens is 16. The van der Waals surface area contributed by atoms with Crippen molar-refractivity contribution in [1.29, 1.82) is 0 Å². The summed E-state index contributed by atoms with van der Waals surface area (Å²) in [5, 5.41) is 25.0. The van der Waals surface area contributed by atoms with Crippen molar-refractivity contribution in [3.63, 3.8) is 0 Å². The van der Waals surface area contributed by atoms with Crippen molar-refractivity contribution in [2.24, 2.45) is 0 Å². The van der Waals surface area contributed by atoms with Crippen LogP contribution in [-0.4, -0.2) is 380 Å². The minimum absolute atomic E-state index is 0.0424. The van der Waals surface area contributed by atoms with E-state index in [4.69, 9.17) is 34.1 Å². The van der Waals surface area contributed by atoms with Crippen LogP contribution in [0.4, 0.5) is 79.4 Å². The van der Waals surface area contributed by atoms with Gasteiger partial charge in [-0.3, -0.25) is 19.2 Å². The summed E-state index contributed by atoms with van der Waals surface area (Å²) in [6.07, 6.45) is 26.2. The number of fused-ring (bicyclic) bond motifs is 4. The van der Waals surface area contributed by atoms with E-state index in [1.807, 2.05) is 152 Å². The van der Waals surface area contributed by atoms with Crippen LogP contribution in [0, 0.1) is 0 Å². The van der Waals surface area contributed by atoms with Crippen LogP contribution in [0.1, 0.15) is 154 Å². The fourth-order valence-corrected chi connectivity index (χ4v) is 18.8. The van der Waals surface area contributed by atoms with Crippen molar-refractivity contribution in [1.82, 2.24) is 113 Å². The Kier molecular flexibility index (Phi) is 32.0. The lowest BCUT2D eigenvalue weighted by Crippen LogP contribution is -2.50. The monoisotopic (exact) mass is 2000 g/mol. The van der Waals surface area contributed by atoms with E-state index in [1.54, 1.807) is 111 Å². The maximum Gasteiger partial charge on any atom is 0.410 e. The summed E-state index contributed by atoms with van der Waals surface area (Å²) in [5.74, 6) is 4.13. The Bertz CT molecular complexity index is 6500. The van der Waals surface area contributed by atoms with Gasteiger partial charge in [0.2, 0.25) is 23.8 Å². The minimum atomic E-state index is -0.502. The number of likely N-dealkylation sites (N-methyl/N-ethyl adjacent to an activating group) is 1. The van der Waals surface area contributed by atoms with E-state index in [-0.39, 0.29) is 35.8 Å². The van der Waals surface area contributed by atoms with Crippen molar-refractivity contribution < 1.29 is 43.0 Å². The van der Waals surface area contributed by atoms with Crippen LogP contribution < -0.4 is 60.9 Å². The summed E-state index contributed by atoms with van der Waals surface area (Å²) >= 11 is 0. The van der Waals surface area contributed by atoms with Gasteiger partial charge in [-0.05, 0) is 192 Å². The maximum absolute atomic E-state index is 13.0. The zero-order chi connectivity index (χ0) is 103. The lowest BCUT2D eigenvalue weighted by Gasteiger charge is -2.36. The number of piperazine rings is 3. The molecule has 776 valence electrons. The fourth-order valence-electron chi connectivity index (χ4n) is 18.8. The van der Waals surface area contributed by atoms with Gasteiger partial charge >= 0.3 is 12.2 Å². The van der Waals surface area contributed by atoms with Crippen molar-refractivity contribution in [2.45, 2.75) is 123 Å². The molecule has 8 aliphatic rings. The van der Waals surface area contributed by atoms with Crippen LogP contribution in [0.15, 0.2) is 122 Å². The summed E-state index contributed by atoms with van der Waals surface area (Å²) in [6.45, 7) is 30.9. The Morgan fingerprint density at radius 1 is 0.295 bits per heavy atom. The SMILES string of the molecule is CN(C)C(=O)c1cc2cnc(Nc3ccc(N4CCN(C(=O)OC(C)(C)C)CC4)cn3)nc2n1N1CCCC1.CN(C)C(=O)c1cc2cnc(Nc3ccc(N4CCN(C(=O)OC(C)(C)C)CC4)cn3)nc2n1N1CCCCC1.CN(C)C(=O)c1cc2cnc(Nc3ccc(N4CCOCC4)cn3)nc2n1N1CCCCC1.CN1CCN(c2ccc(Nc3ncc4cc(C(=O)N(C)C)n(N5CCCCC5)c4n3)nc2)CC1. The second kappa shape index (κ2) is 45.5. The average molecular weight is 2000 g/mol. The fraction of sp³-hybridized carbons (Fsp3) is 0.510. The van der Waals surface area contributed by atoms with Crippen LogP contribution in [0.2, 0.25) is 0 Å². The van der Waals surface area contributed by atoms with E-state index in [1.165, 1.54) is 19.3 Å². The molecule has 0 saturated carbocycles. The van der Waals surface area contributed by atoms with Crippen LogP contribution in [0.3, 0.4) is 0 Å². The number of pyridine rings is 4. The van der Waals surface area contributed by atoms with Gasteiger partial charge in [-0.15, -0.1) is 0 Å². The molecule has 12 aromatic rings. The highest BCUT2D eigenvalue weighted by Crippen LogP contribution is 2.33. The second-order valence-electron chi connectivity index (χ2n) is 40.7. The zero-order valence-electron chi connectivity index (χ0n) is 86.8.